The third-order valence-corrected chi connectivity index (χ3v) is 3.81. The van der Waals surface area contributed by atoms with Crippen molar-refractivity contribution < 1.29 is 4.79 Å². The maximum absolute atomic E-state index is 12.3. The monoisotopic (exact) mass is 232 g/mol. The van der Waals surface area contributed by atoms with Crippen LogP contribution in [-0.4, -0.2) is 10.8 Å². The van der Waals surface area contributed by atoms with E-state index in [1.807, 2.05) is 0 Å². The maximum Gasteiger partial charge on any atom is 0.169 e. The van der Waals surface area contributed by atoms with E-state index in [1.165, 1.54) is 0 Å². The van der Waals surface area contributed by atoms with E-state index in [0.717, 1.165) is 25.7 Å². The number of nitrogens with two attached hydrogens (primary N) is 1. The Hall–Kier alpha value is -1.38. The van der Waals surface area contributed by atoms with E-state index in [-0.39, 0.29) is 11.7 Å². The minimum atomic E-state index is 0.134. The molecule has 0 spiro atoms. The molecule has 0 bridgehead atoms. The molecule has 0 amide bonds. The van der Waals surface area contributed by atoms with Gasteiger partial charge in [0, 0.05) is 12.1 Å². The smallest absolute Gasteiger partial charge is 0.169 e. The predicted octanol–water partition coefficient (Wildman–Crippen LogP) is 3.06. The van der Waals surface area contributed by atoms with Gasteiger partial charge in [-0.1, -0.05) is 13.8 Å². The molecule has 0 aromatic carbocycles. The molecule has 0 aliphatic heterocycles. The summed E-state index contributed by atoms with van der Waals surface area (Å²) in [7, 11) is 0. The van der Waals surface area contributed by atoms with Gasteiger partial charge in [-0.2, -0.15) is 0 Å². The highest BCUT2D eigenvalue weighted by Gasteiger charge is 2.31. The van der Waals surface area contributed by atoms with Crippen molar-refractivity contribution in [1.29, 1.82) is 0 Å². The van der Waals surface area contributed by atoms with Gasteiger partial charge in [0.2, 0.25) is 0 Å². The Morgan fingerprint density at radius 3 is 2.65 bits per heavy atom. The summed E-state index contributed by atoms with van der Waals surface area (Å²) in [5, 5.41) is 0. The number of pyridine rings is 1. The molecular formula is C14H20N2O. The molecule has 17 heavy (non-hydrogen) atoms. The van der Waals surface area contributed by atoms with Crippen LogP contribution in [0.15, 0.2) is 18.3 Å². The van der Waals surface area contributed by atoms with Crippen molar-refractivity contribution in [3.63, 3.8) is 0 Å². The fourth-order valence-corrected chi connectivity index (χ4v) is 2.51. The van der Waals surface area contributed by atoms with E-state index in [1.54, 1.807) is 18.3 Å². The van der Waals surface area contributed by atoms with E-state index in [9.17, 15) is 4.79 Å². The molecule has 1 heterocycles. The zero-order valence-electron chi connectivity index (χ0n) is 10.6. The number of Topliss-reactive ketones (excluding diaryl/α,β-unsaturated/α-hetero) is 1. The Labute approximate surface area is 102 Å². The van der Waals surface area contributed by atoms with Gasteiger partial charge in [0.1, 0.15) is 5.82 Å². The molecule has 2 N–H and O–H groups in total. The lowest BCUT2D eigenvalue weighted by molar-refractivity contribution is 0.0838. The first kappa shape index (κ1) is 12.1. The highest BCUT2D eigenvalue weighted by molar-refractivity contribution is 6.01. The predicted molar refractivity (Wildman–Crippen MR) is 68.7 cm³/mol. The fraction of sp³-hybridized carbons (Fsp3) is 0.571. The maximum atomic E-state index is 12.3. The molecule has 1 aliphatic rings. The first-order valence-electron chi connectivity index (χ1n) is 6.24. The van der Waals surface area contributed by atoms with Crippen LogP contribution in [0, 0.1) is 11.3 Å². The van der Waals surface area contributed by atoms with Gasteiger partial charge >= 0.3 is 0 Å². The molecule has 3 nitrogen and oxygen atoms in total. The molecule has 1 aliphatic carbocycles. The van der Waals surface area contributed by atoms with E-state index in [2.05, 4.69) is 18.8 Å². The summed E-state index contributed by atoms with van der Waals surface area (Å²) >= 11 is 0. The number of hydrogen-bond donors (Lipinski definition) is 1. The third kappa shape index (κ3) is 2.65. The molecule has 1 fully saturated rings. The van der Waals surface area contributed by atoms with Gasteiger partial charge in [0.05, 0.1) is 5.56 Å². The van der Waals surface area contributed by atoms with Crippen LogP contribution in [0.3, 0.4) is 0 Å². The molecule has 1 aromatic rings. The molecule has 2 rings (SSSR count). The zero-order chi connectivity index (χ0) is 12.5. The highest BCUT2D eigenvalue weighted by Crippen LogP contribution is 2.39. The first-order chi connectivity index (χ1) is 7.99. The van der Waals surface area contributed by atoms with Crippen LogP contribution in [0.2, 0.25) is 0 Å². The van der Waals surface area contributed by atoms with Crippen LogP contribution in [-0.2, 0) is 0 Å². The van der Waals surface area contributed by atoms with Gasteiger partial charge in [-0.15, -0.1) is 0 Å². The summed E-state index contributed by atoms with van der Waals surface area (Å²) in [6, 6.07) is 3.56. The topological polar surface area (TPSA) is 56.0 Å². The van der Waals surface area contributed by atoms with Crippen LogP contribution in [0.5, 0.6) is 0 Å². The second-order valence-corrected chi connectivity index (χ2v) is 5.74. The molecule has 0 radical (unpaired) electrons. The number of hydrogen-bond acceptors (Lipinski definition) is 3. The quantitative estimate of drug-likeness (QED) is 0.797. The lowest BCUT2D eigenvalue weighted by Crippen LogP contribution is -2.26. The number of carbonyl (C=O) groups excluding carboxylic acids is 1. The molecule has 0 atom stereocenters. The van der Waals surface area contributed by atoms with Crippen LogP contribution in [0.1, 0.15) is 49.9 Å². The van der Waals surface area contributed by atoms with Crippen molar-refractivity contribution in [1.82, 2.24) is 4.98 Å². The van der Waals surface area contributed by atoms with Crippen molar-refractivity contribution in [3.05, 3.63) is 23.9 Å². The number of rotatable bonds is 2. The van der Waals surface area contributed by atoms with E-state index < -0.39 is 0 Å². The molecule has 3 heteroatoms. The Morgan fingerprint density at radius 2 is 2.06 bits per heavy atom. The SMILES string of the molecule is CC1(C)CCC(C(=O)c2cccnc2N)CC1. The lowest BCUT2D eigenvalue weighted by Gasteiger charge is -2.33. The summed E-state index contributed by atoms with van der Waals surface area (Å²) < 4.78 is 0. The summed E-state index contributed by atoms with van der Waals surface area (Å²) in [6.07, 6.45) is 5.80. The van der Waals surface area contributed by atoms with E-state index in [4.69, 9.17) is 5.73 Å². The average molecular weight is 232 g/mol. The minimum absolute atomic E-state index is 0.134. The number of ketones is 1. The minimum Gasteiger partial charge on any atom is -0.383 e. The molecule has 1 aromatic heterocycles. The largest absolute Gasteiger partial charge is 0.383 e. The number of carbonyl (C=O) groups is 1. The second-order valence-electron chi connectivity index (χ2n) is 5.74. The zero-order valence-corrected chi connectivity index (χ0v) is 10.6. The van der Waals surface area contributed by atoms with Gasteiger partial charge < -0.3 is 5.73 Å². The van der Waals surface area contributed by atoms with Crippen molar-refractivity contribution in [2.75, 3.05) is 5.73 Å². The second kappa shape index (κ2) is 4.47. The summed E-state index contributed by atoms with van der Waals surface area (Å²) in [5.41, 5.74) is 6.73. The third-order valence-electron chi connectivity index (χ3n) is 3.81. The number of aromatic nitrogens is 1. The van der Waals surface area contributed by atoms with Crippen LogP contribution in [0.4, 0.5) is 5.82 Å². The van der Waals surface area contributed by atoms with Crippen molar-refractivity contribution in [3.8, 4) is 0 Å². The molecule has 0 unspecified atom stereocenters. The summed E-state index contributed by atoms with van der Waals surface area (Å²) in [5.74, 6) is 0.669. The van der Waals surface area contributed by atoms with Crippen molar-refractivity contribution >= 4 is 11.6 Å². The first-order valence-corrected chi connectivity index (χ1v) is 6.24. The molecule has 1 saturated carbocycles. The molecule has 92 valence electrons. The van der Waals surface area contributed by atoms with Gasteiger partial charge in [0.25, 0.3) is 0 Å². The van der Waals surface area contributed by atoms with Crippen LogP contribution >= 0.6 is 0 Å². The average Bonchev–Trinajstić information content (AvgIpc) is 2.29. The summed E-state index contributed by atoms with van der Waals surface area (Å²) in [4.78, 5) is 16.3. The van der Waals surface area contributed by atoms with Crippen LogP contribution in [0.25, 0.3) is 0 Å². The number of anilines is 1. The standard InChI is InChI=1S/C14H20N2O/c1-14(2)7-5-10(6-8-14)12(17)11-4-3-9-16-13(11)15/h3-4,9-10H,5-8H2,1-2H3,(H2,15,16). The van der Waals surface area contributed by atoms with E-state index in [0.29, 0.717) is 16.8 Å². The number of nitrogens with zero attached hydrogens (tertiary/aromatic N) is 1. The lowest BCUT2D eigenvalue weighted by atomic mass is 9.71. The van der Waals surface area contributed by atoms with Crippen molar-refractivity contribution in [2.24, 2.45) is 11.3 Å². The van der Waals surface area contributed by atoms with Gasteiger partial charge in [0.15, 0.2) is 5.78 Å². The van der Waals surface area contributed by atoms with Gasteiger partial charge in [-0.05, 0) is 43.2 Å². The van der Waals surface area contributed by atoms with E-state index >= 15 is 0 Å². The Balaban J connectivity index is 2.10. The Morgan fingerprint density at radius 1 is 1.41 bits per heavy atom. The van der Waals surface area contributed by atoms with Crippen molar-refractivity contribution in [2.45, 2.75) is 39.5 Å². The Kier molecular flexibility index (Phi) is 3.18. The Bertz CT molecular complexity index is 416. The number of nitrogen functional groups attached to an aromatic ring is 1. The summed E-state index contributed by atoms with van der Waals surface area (Å²) in [6.45, 7) is 4.54. The normalized spacial score (nSPS) is 20.1. The highest BCUT2D eigenvalue weighted by atomic mass is 16.1. The fourth-order valence-electron chi connectivity index (χ4n) is 2.51. The molecular weight excluding hydrogens is 212 g/mol. The van der Waals surface area contributed by atoms with Gasteiger partial charge in [-0.3, -0.25) is 4.79 Å². The molecule has 0 saturated heterocycles. The van der Waals surface area contributed by atoms with Gasteiger partial charge in [-0.25, -0.2) is 4.98 Å². The van der Waals surface area contributed by atoms with Crippen LogP contribution < -0.4 is 5.73 Å².